The van der Waals surface area contributed by atoms with Crippen molar-refractivity contribution in [1.29, 1.82) is 0 Å². The van der Waals surface area contributed by atoms with Crippen LogP contribution in [0.15, 0.2) is 12.1 Å². The first-order valence-electron chi connectivity index (χ1n) is 6.50. The lowest BCUT2D eigenvalue weighted by atomic mass is 9.99. The number of nitrogens with zero attached hydrogens (tertiary/aromatic N) is 1. The maximum atomic E-state index is 5.55. The highest BCUT2D eigenvalue weighted by Crippen LogP contribution is 2.17. The maximum Gasteiger partial charge on any atom is 0.0825 e. The van der Waals surface area contributed by atoms with E-state index < -0.39 is 0 Å². The molecular weight excluding hydrogens is 242 g/mol. The molecule has 1 aliphatic heterocycles. The van der Waals surface area contributed by atoms with Crippen LogP contribution in [-0.4, -0.2) is 36.2 Å². The Balaban J connectivity index is 2.06. The number of hydrogen-bond donors (Lipinski definition) is 0. The summed E-state index contributed by atoms with van der Waals surface area (Å²) in [5.41, 5.74) is 5.42. The van der Waals surface area contributed by atoms with Crippen molar-refractivity contribution in [2.24, 2.45) is 0 Å². The molecule has 98 valence electrons. The SMILES string of the molecule is Cc1cc(CC(=S)N2CCOCC2)cc(C)c1C. The van der Waals surface area contributed by atoms with Crippen LogP contribution < -0.4 is 0 Å². The summed E-state index contributed by atoms with van der Waals surface area (Å²) < 4.78 is 5.35. The second kappa shape index (κ2) is 5.81. The fraction of sp³-hybridized carbons (Fsp3) is 0.533. The minimum absolute atomic E-state index is 0.798. The molecule has 0 saturated carbocycles. The van der Waals surface area contributed by atoms with E-state index in [4.69, 9.17) is 17.0 Å². The normalized spacial score (nSPS) is 15.8. The van der Waals surface area contributed by atoms with Crippen molar-refractivity contribution in [3.8, 4) is 0 Å². The van der Waals surface area contributed by atoms with Gasteiger partial charge in [-0.3, -0.25) is 0 Å². The van der Waals surface area contributed by atoms with Gasteiger partial charge in [-0.2, -0.15) is 0 Å². The van der Waals surface area contributed by atoms with Crippen LogP contribution in [0.4, 0.5) is 0 Å². The van der Waals surface area contributed by atoms with Gasteiger partial charge in [0.15, 0.2) is 0 Å². The quantitative estimate of drug-likeness (QED) is 0.761. The van der Waals surface area contributed by atoms with E-state index in [-0.39, 0.29) is 0 Å². The summed E-state index contributed by atoms with van der Waals surface area (Å²) in [6.45, 7) is 9.98. The van der Waals surface area contributed by atoms with Gasteiger partial charge in [-0.25, -0.2) is 0 Å². The molecule has 0 spiro atoms. The van der Waals surface area contributed by atoms with Crippen LogP contribution in [0.5, 0.6) is 0 Å². The summed E-state index contributed by atoms with van der Waals surface area (Å²) in [4.78, 5) is 3.31. The molecule has 1 saturated heterocycles. The largest absolute Gasteiger partial charge is 0.378 e. The van der Waals surface area contributed by atoms with Crippen molar-refractivity contribution >= 4 is 17.2 Å². The minimum Gasteiger partial charge on any atom is -0.378 e. The molecule has 0 radical (unpaired) electrons. The molecule has 0 amide bonds. The molecule has 1 fully saturated rings. The molecule has 0 N–H and O–H groups in total. The molecule has 18 heavy (non-hydrogen) atoms. The van der Waals surface area contributed by atoms with Crippen LogP contribution in [0.2, 0.25) is 0 Å². The van der Waals surface area contributed by atoms with E-state index in [1.54, 1.807) is 0 Å². The Bertz CT molecular complexity index is 427. The van der Waals surface area contributed by atoms with Gasteiger partial charge in [0.1, 0.15) is 0 Å². The van der Waals surface area contributed by atoms with E-state index in [2.05, 4.69) is 37.8 Å². The third kappa shape index (κ3) is 3.09. The van der Waals surface area contributed by atoms with Crippen LogP contribution in [0.3, 0.4) is 0 Å². The number of ether oxygens (including phenoxy) is 1. The van der Waals surface area contributed by atoms with Gasteiger partial charge in [-0.1, -0.05) is 24.4 Å². The predicted molar refractivity (Wildman–Crippen MR) is 79.3 cm³/mol. The van der Waals surface area contributed by atoms with Crippen molar-refractivity contribution in [2.45, 2.75) is 27.2 Å². The first-order chi connectivity index (χ1) is 8.58. The molecule has 1 aromatic rings. The second-order valence-corrected chi connectivity index (χ2v) is 5.50. The summed E-state index contributed by atoms with van der Waals surface area (Å²) in [6, 6.07) is 4.52. The summed E-state index contributed by atoms with van der Waals surface area (Å²) in [5, 5.41) is 0. The molecule has 1 aliphatic rings. The van der Waals surface area contributed by atoms with Crippen molar-refractivity contribution in [3.63, 3.8) is 0 Å². The summed E-state index contributed by atoms with van der Waals surface area (Å²) >= 11 is 5.55. The Labute approximate surface area is 115 Å². The van der Waals surface area contributed by atoms with Gasteiger partial charge in [0.2, 0.25) is 0 Å². The molecule has 0 unspecified atom stereocenters. The summed E-state index contributed by atoms with van der Waals surface area (Å²) in [5.74, 6) is 0. The maximum absolute atomic E-state index is 5.55. The molecule has 0 aromatic heterocycles. The highest BCUT2D eigenvalue weighted by molar-refractivity contribution is 7.80. The standard InChI is InChI=1S/C15H21NOS/c1-11-8-14(9-12(2)13(11)3)10-15(18)16-4-6-17-7-5-16/h8-9H,4-7,10H2,1-3H3. The van der Waals surface area contributed by atoms with E-state index in [9.17, 15) is 0 Å². The monoisotopic (exact) mass is 263 g/mol. The Hall–Kier alpha value is -0.930. The molecule has 0 atom stereocenters. The topological polar surface area (TPSA) is 12.5 Å². The lowest BCUT2D eigenvalue weighted by molar-refractivity contribution is 0.0684. The van der Waals surface area contributed by atoms with Crippen molar-refractivity contribution < 1.29 is 4.74 Å². The van der Waals surface area contributed by atoms with Crippen molar-refractivity contribution in [3.05, 3.63) is 34.4 Å². The number of rotatable bonds is 2. The molecular formula is C15H21NOS. The van der Waals surface area contributed by atoms with E-state index in [1.165, 1.54) is 22.3 Å². The molecule has 1 aromatic carbocycles. The van der Waals surface area contributed by atoms with E-state index >= 15 is 0 Å². The number of benzene rings is 1. The lowest BCUT2D eigenvalue weighted by Crippen LogP contribution is -2.40. The van der Waals surface area contributed by atoms with Gasteiger partial charge in [0.25, 0.3) is 0 Å². The second-order valence-electron chi connectivity index (χ2n) is 5.02. The average molecular weight is 263 g/mol. The Morgan fingerprint density at radius 1 is 1.17 bits per heavy atom. The van der Waals surface area contributed by atoms with Crippen LogP contribution in [0, 0.1) is 20.8 Å². The van der Waals surface area contributed by atoms with Gasteiger partial charge >= 0.3 is 0 Å². The highest BCUT2D eigenvalue weighted by Gasteiger charge is 2.14. The van der Waals surface area contributed by atoms with Crippen LogP contribution in [0.25, 0.3) is 0 Å². The summed E-state index contributed by atoms with van der Waals surface area (Å²) in [7, 11) is 0. The number of hydrogen-bond acceptors (Lipinski definition) is 2. The Kier molecular flexibility index (Phi) is 4.36. The first-order valence-corrected chi connectivity index (χ1v) is 6.91. The zero-order chi connectivity index (χ0) is 13.1. The highest BCUT2D eigenvalue weighted by atomic mass is 32.1. The average Bonchev–Trinajstić information content (AvgIpc) is 2.37. The van der Waals surface area contributed by atoms with Crippen molar-refractivity contribution in [1.82, 2.24) is 4.90 Å². The number of morpholine rings is 1. The van der Waals surface area contributed by atoms with E-state index in [0.29, 0.717) is 0 Å². The van der Waals surface area contributed by atoms with Gasteiger partial charge < -0.3 is 9.64 Å². The van der Waals surface area contributed by atoms with Gasteiger partial charge in [-0.15, -0.1) is 0 Å². The third-order valence-electron chi connectivity index (χ3n) is 3.71. The Morgan fingerprint density at radius 2 is 1.72 bits per heavy atom. The fourth-order valence-corrected chi connectivity index (χ4v) is 2.68. The minimum atomic E-state index is 0.798. The lowest BCUT2D eigenvalue weighted by Gasteiger charge is -2.29. The zero-order valence-electron chi connectivity index (χ0n) is 11.5. The fourth-order valence-electron chi connectivity index (χ4n) is 2.33. The molecule has 0 aliphatic carbocycles. The molecule has 2 rings (SSSR count). The molecule has 0 bridgehead atoms. The van der Waals surface area contributed by atoms with Crippen molar-refractivity contribution in [2.75, 3.05) is 26.3 Å². The molecule has 1 heterocycles. The van der Waals surface area contributed by atoms with Gasteiger partial charge in [0.05, 0.1) is 18.2 Å². The van der Waals surface area contributed by atoms with E-state index in [1.807, 2.05) is 0 Å². The first kappa shape index (κ1) is 13.5. The Morgan fingerprint density at radius 3 is 2.28 bits per heavy atom. The van der Waals surface area contributed by atoms with Crippen LogP contribution in [-0.2, 0) is 11.2 Å². The third-order valence-corrected chi connectivity index (χ3v) is 4.11. The van der Waals surface area contributed by atoms with Crippen LogP contribution >= 0.6 is 12.2 Å². The van der Waals surface area contributed by atoms with E-state index in [0.717, 1.165) is 37.7 Å². The molecule has 2 nitrogen and oxygen atoms in total. The number of aryl methyl sites for hydroxylation is 2. The predicted octanol–water partition coefficient (Wildman–Crippen LogP) is 2.81. The molecule has 3 heteroatoms. The smallest absolute Gasteiger partial charge is 0.0825 e. The number of thiocarbonyl (C=S) groups is 1. The zero-order valence-corrected chi connectivity index (χ0v) is 12.3. The summed E-state index contributed by atoms with van der Waals surface area (Å²) in [6.07, 6.45) is 0.872. The van der Waals surface area contributed by atoms with Crippen LogP contribution in [0.1, 0.15) is 22.3 Å². The van der Waals surface area contributed by atoms with Gasteiger partial charge in [0, 0.05) is 19.5 Å². The van der Waals surface area contributed by atoms with Gasteiger partial charge in [-0.05, 0) is 43.0 Å².